The predicted octanol–water partition coefficient (Wildman–Crippen LogP) is 2.94. The number of fused-ring (bicyclic) bond motifs is 1. The van der Waals surface area contributed by atoms with Gasteiger partial charge in [-0.2, -0.15) is 0 Å². The van der Waals surface area contributed by atoms with Crippen molar-refractivity contribution in [3.8, 4) is 17.2 Å². The smallest absolute Gasteiger partial charge is 0.259 e. The maximum Gasteiger partial charge on any atom is 0.259 e. The Morgan fingerprint density at radius 2 is 1.59 bits per heavy atom. The first-order valence-corrected chi connectivity index (χ1v) is 9.78. The molecule has 154 valence electrons. The molecule has 3 rings (SSSR count). The van der Waals surface area contributed by atoms with E-state index in [0.29, 0.717) is 54.7 Å². The summed E-state index contributed by atoms with van der Waals surface area (Å²) in [5.41, 5.74) is 7.53. The van der Waals surface area contributed by atoms with Crippen molar-refractivity contribution in [2.45, 2.75) is 33.2 Å². The molecule has 7 heteroatoms. The molecular weight excluding hydrogens is 372 g/mol. The summed E-state index contributed by atoms with van der Waals surface area (Å²) in [6, 6.07) is 9.93. The number of para-hydroxylation sites is 1. The Morgan fingerprint density at radius 3 is 2.14 bits per heavy atom. The van der Waals surface area contributed by atoms with Gasteiger partial charge < -0.3 is 19.9 Å². The third kappa shape index (κ3) is 3.99. The van der Waals surface area contributed by atoms with Crippen molar-refractivity contribution in [2.75, 3.05) is 24.7 Å². The minimum absolute atomic E-state index is 0.336. The van der Waals surface area contributed by atoms with Crippen LogP contribution in [-0.4, -0.2) is 37.7 Å². The number of primary amides is 1. The van der Waals surface area contributed by atoms with Gasteiger partial charge in [-0.05, 0) is 44.5 Å². The van der Waals surface area contributed by atoms with Gasteiger partial charge >= 0.3 is 0 Å². The molecular formula is C22H26N2O5. The summed E-state index contributed by atoms with van der Waals surface area (Å²) in [6.45, 7) is 6.80. The Balaban J connectivity index is 2.09. The summed E-state index contributed by atoms with van der Waals surface area (Å²) >= 11 is 0. The molecule has 1 heterocycles. The first-order chi connectivity index (χ1) is 14.0. The lowest BCUT2D eigenvalue weighted by Gasteiger charge is -2.24. The molecule has 0 fully saturated rings. The first kappa shape index (κ1) is 20.5. The van der Waals surface area contributed by atoms with Crippen LogP contribution in [0.1, 0.15) is 36.7 Å². The van der Waals surface area contributed by atoms with Gasteiger partial charge in [0.1, 0.15) is 6.04 Å². The van der Waals surface area contributed by atoms with E-state index in [2.05, 4.69) is 0 Å². The molecule has 1 aliphatic rings. The van der Waals surface area contributed by atoms with Gasteiger partial charge in [-0.25, -0.2) is 0 Å². The van der Waals surface area contributed by atoms with Crippen LogP contribution in [0.4, 0.5) is 5.69 Å². The van der Waals surface area contributed by atoms with Gasteiger partial charge in [0.25, 0.3) is 5.91 Å². The van der Waals surface area contributed by atoms with Crippen LogP contribution >= 0.6 is 0 Å². The zero-order valence-electron chi connectivity index (χ0n) is 16.9. The average Bonchev–Trinajstić information content (AvgIpc) is 3.10. The Kier molecular flexibility index (Phi) is 6.26. The SMILES string of the molecule is CCOc1cc(C(=O)N2c3ccccc3CC2C(N)=O)cc(OCC)c1OCC. The van der Waals surface area contributed by atoms with Gasteiger partial charge in [0, 0.05) is 17.7 Å². The molecule has 2 aromatic rings. The summed E-state index contributed by atoms with van der Waals surface area (Å²) in [4.78, 5) is 27.0. The Bertz CT molecular complexity index is 885. The monoisotopic (exact) mass is 398 g/mol. The molecule has 1 unspecified atom stereocenters. The highest BCUT2D eigenvalue weighted by molar-refractivity contribution is 6.12. The van der Waals surface area contributed by atoms with E-state index in [1.54, 1.807) is 12.1 Å². The maximum absolute atomic E-state index is 13.5. The van der Waals surface area contributed by atoms with Crippen LogP contribution in [-0.2, 0) is 11.2 Å². The van der Waals surface area contributed by atoms with E-state index in [4.69, 9.17) is 19.9 Å². The quantitative estimate of drug-likeness (QED) is 0.738. The molecule has 0 aromatic heterocycles. The Labute approximate surface area is 170 Å². The molecule has 0 radical (unpaired) electrons. The number of nitrogens with two attached hydrogens (primary N) is 1. The van der Waals surface area contributed by atoms with Gasteiger partial charge in [-0.1, -0.05) is 18.2 Å². The second-order valence-electron chi connectivity index (χ2n) is 6.53. The maximum atomic E-state index is 13.5. The van der Waals surface area contributed by atoms with Crippen LogP contribution in [0.25, 0.3) is 0 Å². The Hall–Kier alpha value is -3.22. The van der Waals surface area contributed by atoms with Gasteiger partial charge in [-0.15, -0.1) is 0 Å². The van der Waals surface area contributed by atoms with E-state index in [-0.39, 0.29) is 5.91 Å². The third-order valence-electron chi connectivity index (χ3n) is 4.68. The number of amides is 2. The highest BCUT2D eigenvalue weighted by atomic mass is 16.5. The minimum atomic E-state index is -0.738. The van der Waals surface area contributed by atoms with Crippen molar-refractivity contribution in [2.24, 2.45) is 5.73 Å². The zero-order valence-corrected chi connectivity index (χ0v) is 16.9. The lowest BCUT2D eigenvalue weighted by atomic mass is 10.1. The first-order valence-electron chi connectivity index (χ1n) is 9.78. The van der Waals surface area contributed by atoms with Crippen molar-refractivity contribution in [1.82, 2.24) is 0 Å². The number of ether oxygens (including phenoxy) is 3. The van der Waals surface area contributed by atoms with Crippen molar-refractivity contribution in [3.05, 3.63) is 47.5 Å². The number of nitrogens with zero attached hydrogens (tertiary/aromatic N) is 1. The molecule has 0 aliphatic carbocycles. The van der Waals surface area contributed by atoms with Crippen molar-refractivity contribution < 1.29 is 23.8 Å². The number of carbonyl (C=O) groups is 2. The second kappa shape index (κ2) is 8.86. The largest absolute Gasteiger partial charge is 0.490 e. The van der Waals surface area contributed by atoms with Crippen molar-refractivity contribution in [3.63, 3.8) is 0 Å². The topological polar surface area (TPSA) is 91.1 Å². The minimum Gasteiger partial charge on any atom is -0.490 e. The highest BCUT2D eigenvalue weighted by Crippen LogP contribution is 2.41. The average molecular weight is 398 g/mol. The molecule has 29 heavy (non-hydrogen) atoms. The summed E-state index contributed by atoms with van der Waals surface area (Å²) in [6.07, 6.45) is 0.394. The number of benzene rings is 2. The molecule has 2 N–H and O–H groups in total. The fourth-order valence-corrected chi connectivity index (χ4v) is 3.52. The summed E-state index contributed by atoms with van der Waals surface area (Å²) < 4.78 is 17.1. The van der Waals surface area contributed by atoms with E-state index in [1.165, 1.54) is 4.90 Å². The normalized spacial score (nSPS) is 15.0. The lowest BCUT2D eigenvalue weighted by Crippen LogP contribution is -2.46. The lowest BCUT2D eigenvalue weighted by molar-refractivity contribution is -0.119. The number of carbonyl (C=O) groups excluding carboxylic acids is 2. The molecule has 7 nitrogen and oxygen atoms in total. The van der Waals surface area contributed by atoms with Crippen LogP contribution in [0.15, 0.2) is 36.4 Å². The summed E-state index contributed by atoms with van der Waals surface area (Å²) in [5.74, 6) is 0.416. The van der Waals surface area contributed by atoms with Crippen molar-refractivity contribution >= 4 is 17.5 Å². The molecule has 0 saturated heterocycles. The summed E-state index contributed by atoms with van der Waals surface area (Å²) in [7, 11) is 0. The number of anilines is 1. The highest BCUT2D eigenvalue weighted by Gasteiger charge is 2.38. The fraction of sp³-hybridized carbons (Fsp3) is 0.364. The van der Waals surface area contributed by atoms with Crippen LogP contribution in [0, 0.1) is 0 Å². The van der Waals surface area contributed by atoms with E-state index in [1.807, 2.05) is 45.0 Å². The zero-order chi connectivity index (χ0) is 21.0. The molecule has 1 aliphatic heterocycles. The number of rotatable bonds is 8. The van der Waals surface area contributed by atoms with Crippen molar-refractivity contribution in [1.29, 1.82) is 0 Å². The molecule has 2 amide bonds. The van der Waals surface area contributed by atoms with Crippen LogP contribution in [0.5, 0.6) is 17.2 Å². The van der Waals surface area contributed by atoms with Gasteiger partial charge in [0.15, 0.2) is 11.5 Å². The predicted molar refractivity (Wildman–Crippen MR) is 110 cm³/mol. The van der Waals surface area contributed by atoms with Gasteiger partial charge in [-0.3, -0.25) is 14.5 Å². The number of hydrogen-bond acceptors (Lipinski definition) is 5. The van der Waals surface area contributed by atoms with Crippen LogP contribution in [0.3, 0.4) is 0 Å². The number of hydrogen-bond donors (Lipinski definition) is 1. The fourth-order valence-electron chi connectivity index (χ4n) is 3.52. The van der Waals surface area contributed by atoms with E-state index < -0.39 is 11.9 Å². The van der Waals surface area contributed by atoms with E-state index in [9.17, 15) is 9.59 Å². The van der Waals surface area contributed by atoms with E-state index >= 15 is 0 Å². The third-order valence-corrected chi connectivity index (χ3v) is 4.68. The molecule has 0 spiro atoms. The Morgan fingerprint density at radius 1 is 1.00 bits per heavy atom. The van der Waals surface area contributed by atoms with Gasteiger partial charge in [0.05, 0.1) is 19.8 Å². The standard InChI is InChI=1S/C22H26N2O5/c1-4-27-18-12-15(13-19(28-5-2)20(18)29-6-3)22(26)24-16-10-8-7-9-14(16)11-17(24)21(23)25/h7-10,12-13,17H,4-6,11H2,1-3H3,(H2,23,25). The molecule has 0 saturated carbocycles. The van der Waals surface area contributed by atoms with Crippen LogP contribution in [0.2, 0.25) is 0 Å². The second-order valence-corrected chi connectivity index (χ2v) is 6.53. The molecule has 2 aromatic carbocycles. The van der Waals surface area contributed by atoms with Gasteiger partial charge in [0.2, 0.25) is 11.7 Å². The van der Waals surface area contributed by atoms with Crippen LogP contribution < -0.4 is 24.8 Å². The summed E-state index contributed by atoms with van der Waals surface area (Å²) in [5, 5.41) is 0. The molecule has 0 bridgehead atoms. The molecule has 1 atom stereocenters. The van der Waals surface area contributed by atoms with E-state index in [0.717, 1.165) is 5.56 Å².